The first-order valence-electron chi connectivity index (χ1n) is 6.97. The number of nitrogens with zero attached hydrogens (tertiary/aromatic N) is 2. The van der Waals surface area contributed by atoms with Crippen molar-refractivity contribution in [1.82, 2.24) is 15.5 Å². The van der Waals surface area contributed by atoms with Gasteiger partial charge in [-0.2, -0.15) is 0 Å². The van der Waals surface area contributed by atoms with E-state index >= 15 is 0 Å². The van der Waals surface area contributed by atoms with Crippen molar-refractivity contribution < 1.29 is 4.79 Å². The number of likely N-dealkylation sites (tertiary alicyclic amines) is 1. The Morgan fingerprint density at radius 2 is 2.28 bits per heavy atom. The van der Waals surface area contributed by atoms with Crippen LogP contribution in [0.25, 0.3) is 0 Å². The maximum absolute atomic E-state index is 12.2. The van der Waals surface area contributed by atoms with Crippen LogP contribution in [0.3, 0.4) is 0 Å². The molecule has 1 aliphatic carbocycles. The second-order valence-electron chi connectivity index (χ2n) is 6.20. The number of hydrogen-bond donors (Lipinski definition) is 2. The summed E-state index contributed by atoms with van der Waals surface area (Å²) in [5.74, 6) is 1.29. The standard InChI is InChI=1S/C13H22N4O/c1-9(2)7-14-12-15-11(18)13(16-12)5-6-17(8-13)10-3-4-10/h9-10H,3-8H2,1-2H3,(H2,14,15,16,18). The van der Waals surface area contributed by atoms with Gasteiger partial charge in [0.2, 0.25) is 0 Å². The lowest BCUT2D eigenvalue weighted by molar-refractivity contribution is -0.123. The van der Waals surface area contributed by atoms with E-state index in [1.54, 1.807) is 0 Å². The zero-order chi connectivity index (χ0) is 12.8. The highest BCUT2D eigenvalue weighted by atomic mass is 16.2. The number of nitrogens with one attached hydrogen (secondary N) is 2. The van der Waals surface area contributed by atoms with Crippen molar-refractivity contribution in [3.8, 4) is 0 Å². The predicted molar refractivity (Wildman–Crippen MR) is 70.4 cm³/mol. The summed E-state index contributed by atoms with van der Waals surface area (Å²) in [6.07, 6.45) is 3.49. The van der Waals surface area contributed by atoms with Gasteiger partial charge in [-0.25, -0.2) is 0 Å². The molecule has 5 nitrogen and oxygen atoms in total. The van der Waals surface area contributed by atoms with Crippen LogP contribution in [0.5, 0.6) is 0 Å². The Kier molecular flexibility index (Phi) is 2.81. The molecule has 1 spiro atoms. The fourth-order valence-electron chi connectivity index (χ4n) is 2.77. The Hall–Kier alpha value is -1.10. The molecule has 0 aromatic rings. The van der Waals surface area contributed by atoms with Crippen LogP contribution in [-0.4, -0.2) is 48.0 Å². The average Bonchev–Trinajstić information content (AvgIpc) is 3.01. The van der Waals surface area contributed by atoms with Gasteiger partial charge < -0.3 is 5.32 Å². The Balaban J connectivity index is 1.67. The van der Waals surface area contributed by atoms with Gasteiger partial charge in [0.25, 0.3) is 5.91 Å². The summed E-state index contributed by atoms with van der Waals surface area (Å²) in [7, 11) is 0. The number of rotatable bonds is 3. The lowest BCUT2D eigenvalue weighted by atomic mass is 10.00. The highest BCUT2D eigenvalue weighted by molar-refractivity contribution is 6.09. The lowest BCUT2D eigenvalue weighted by Gasteiger charge is -2.21. The maximum Gasteiger partial charge on any atom is 0.253 e. The van der Waals surface area contributed by atoms with Crippen molar-refractivity contribution in [3.05, 3.63) is 0 Å². The third-order valence-electron chi connectivity index (χ3n) is 4.00. The van der Waals surface area contributed by atoms with E-state index in [2.05, 4.69) is 34.4 Å². The van der Waals surface area contributed by atoms with Crippen LogP contribution in [-0.2, 0) is 4.79 Å². The zero-order valence-electron chi connectivity index (χ0n) is 11.2. The van der Waals surface area contributed by atoms with Crippen LogP contribution in [0, 0.1) is 5.92 Å². The summed E-state index contributed by atoms with van der Waals surface area (Å²) in [4.78, 5) is 19.0. The molecule has 0 aromatic heterocycles. The molecule has 100 valence electrons. The molecule has 0 aromatic carbocycles. The summed E-state index contributed by atoms with van der Waals surface area (Å²) in [5.41, 5.74) is -0.404. The van der Waals surface area contributed by atoms with Crippen LogP contribution in [0.2, 0.25) is 0 Å². The van der Waals surface area contributed by atoms with Gasteiger partial charge >= 0.3 is 0 Å². The smallest absolute Gasteiger partial charge is 0.253 e. The topological polar surface area (TPSA) is 56.7 Å². The van der Waals surface area contributed by atoms with Crippen molar-refractivity contribution in [3.63, 3.8) is 0 Å². The van der Waals surface area contributed by atoms with E-state index in [9.17, 15) is 4.79 Å². The van der Waals surface area contributed by atoms with Crippen LogP contribution in [0.1, 0.15) is 33.1 Å². The summed E-state index contributed by atoms with van der Waals surface area (Å²) >= 11 is 0. The van der Waals surface area contributed by atoms with E-state index in [-0.39, 0.29) is 5.91 Å². The monoisotopic (exact) mass is 250 g/mol. The van der Waals surface area contributed by atoms with E-state index in [1.807, 2.05) is 0 Å². The highest BCUT2D eigenvalue weighted by Crippen LogP contribution is 2.34. The number of guanidine groups is 1. The van der Waals surface area contributed by atoms with Gasteiger partial charge in [0.05, 0.1) is 0 Å². The molecular weight excluding hydrogens is 228 g/mol. The van der Waals surface area contributed by atoms with E-state index in [4.69, 9.17) is 0 Å². The van der Waals surface area contributed by atoms with E-state index in [0.717, 1.165) is 32.1 Å². The third-order valence-corrected chi connectivity index (χ3v) is 4.00. The molecule has 5 heteroatoms. The van der Waals surface area contributed by atoms with Crippen LogP contribution in [0.15, 0.2) is 4.99 Å². The van der Waals surface area contributed by atoms with Crippen molar-refractivity contribution in [2.24, 2.45) is 10.9 Å². The molecule has 3 fully saturated rings. The van der Waals surface area contributed by atoms with Crippen LogP contribution < -0.4 is 10.6 Å². The molecule has 0 bridgehead atoms. The Morgan fingerprint density at radius 1 is 1.50 bits per heavy atom. The Morgan fingerprint density at radius 3 is 2.94 bits per heavy atom. The van der Waals surface area contributed by atoms with Crippen LogP contribution >= 0.6 is 0 Å². The lowest BCUT2D eigenvalue weighted by Crippen LogP contribution is -2.49. The fourth-order valence-corrected chi connectivity index (χ4v) is 2.77. The number of aliphatic imine (C=N–C) groups is 1. The molecule has 2 N–H and O–H groups in total. The normalized spacial score (nSPS) is 34.6. The van der Waals surface area contributed by atoms with Gasteiger partial charge in [-0.1, -0.05) is 13.8 Å². The van der Waals surface area contributed by atoms with Gasteiger partial charge in [-0.05, 0) is 25.2 Å². The third kappa shape index (κ3) is 2.11. The second kappa shape index (κ2) is 4.23. The first-order chi connectivity index (χ1) is 8.59. The number of amides is 1. The highest BCUT2D eigenvalue weighted by Gasteiger charge is 2.52. The minimum Gasteiger partial charge on any atom is -0.341 e. The van der Waals surface area contributed by atoms with Crippen molar-refractivity contribution in [2.75, 3.05) is 19.6 Å². The molecule has 1 amide bonds. The van der Waals surface area contributed by atoms with Gasteiger partial charge in [-0.3, -0.25) is 20.0 Å². The maximum atomic E-state index is 12.2. The Labute approximate surface area is 108 Å². The van der Waals surface area contributed by atoms with Gasteiger partial charge in [0.15, 0.2) is 5.96 Å². The molecule has 2 saturated heterocycles. The average molecular weight is 250 g/mol. The van der Waals surface area contributed by atoms with Crippen molar-refractivity contribution in [2.45, 2.75) is 44.7 Å². The first-order valence-corrected chi connectivity index (χ1v) is 6.97. The van der Waals surface area contributed by atoms with E-state index in [0.29, 0.717) is 11.9 Å². The molecule has 2 aliphatic heterocycles. The Bertz CT molecular complexity index is 388. The van der Waals surface area contributed by atoms with Gasteiger partial charge in [-0.15, -0.1) is 0 Å². The molecule has 3 aliphatic rings. The fraction of sp³-hybridized carbons (Fsp3) is 0.846. The molecule has 1 atom stereocenters. The van der Waals surface area contributed by atoms with Gasteiger partial charge in [0.1, 0.15) is 5.54 Å². The zero-order valence-corrected chi connectivity index (χ0v) is 11.2. The SMILES string of the molecule is CC(C)CN=C1NC(=O)C2(CCN(C3CC3)C2)N1. The minimum absolute atomic E-state index is 0.105. The summed E-state index contributed by atoms with van der Waals surface area (Å²) in [6, 6.07) is 0.732. The van der Waals surface area contributed by atoms with Crippen LogP contribution in [0.4, 0.5) is 0 Å². The quantitative estimate of drug-likeness (QED) is 0.758. The minimum atomic E-state index is -0.404. The first kappa shape index (κ1) is 12.0. The molecule has 1 unspecified atom stereocenters. The van der Waals surface area contributed by atoms with E-state index < -0.39 is 5.54 Å². The predicted octanol–water partition coefficient (Wildman–Crippen LogP) is 0.325. The summed E-state index contributed by atoms with van der Waals surface area (Å²) < 4.78 is 0. The van der Waals surface area contributed by atoms with Crippen molar-refractivity contribution >= 4 is 11.9 Å². The molecule has 0 radical (unpaired) electrons. The second-order valence-corrected chi connectivity index (χ2v) is 6.20. The molecular formula is C13H22N4O. The molecule has 2 heterocycles. The number of carbonyl (C=O) groups is 1. The summed E-state index contributed by atoms with van der Waals surface area (Å²) in [5, 5.41) is 6.23. The molecule has 3 rings (SSSR count). The largest absolute Gasteiger partial charge is 0.341 e. The summed E-state index contributed by atoms with van der Waals surface area (Å²) in [6.45, 7) is 6.87. The molecule has 18 heavy (non-hydrogen) atoms. The molecule has 1 saturated carbocycles. The van der Waals surface area contributed by atoms with Crippen molar-refractivity contribution in [1.29, 1.82) is 0 Å². The van der Waals surface area contributed by atoms with E-state index in [1.165, 1.54) is 12.8 Å². The number of hydrogen-bond acceptors (Lipinski definition) is 3. The van der Waals surface area contributed by atoms with Gasteiger partial charge in [0, 0.05) is 25.7 Å². The number of carbonyl (C=O) groups excluding carboxylic acids is 1.